The number of hydrogen-bond acceptors (Lipinski definition) is 6. The normalized spacial score (nSPS) is 11.2. The molecule has 0 aromatic carbocycles. The van der Waals surface area contributed by atoms with Gasteiger partial charge in [-0.25, -0.2) is 0 Å². The second-order valence-electron chi connectivity index (χ2n) is 4.71. The number of thioether (sulfide) groups is 2. The topological polar surface area (TPSA) is 52.1 Å². The van der Waals surface area contributed by atoms with Gasteiger partial charge in [0.1, 0.15) is 11.5 Å². The molecule has 0 spiro atoms. The molecule has 110 valence electrons. The first-order valence-electron chi connectivity index (χ1n) is 6.58. The number of nitrogens with zero attached hydrogens (tertiary/aromatic N) is 2. The van der Waals surface area contributed by atoms with Crippen LogP contribution in [-0.2, 0) is 11.5 Å². The molecule has 20 heavy (non-hydrogen) atoms. The third kappa shape index (κ3) is 3.82. The summed E-state index contributed by atoms with van der Waals surface area (Å²) in [5, 5.41) is 7.95. The smallest absolute Gasteiger partial charge is 0.137 e. The molecular formula is C14H20N2O2S2. The third-order valence-electron chi connectivity index (χ3n) is 3.23. The number of aromatic nitrogens is 2. The highest BCUT2D eigenvalue weighted by molar-refractivity contribution is 8.02. The summed E-state index contributed by atoms with van der Waals surface area (Å²) in [6.45, 7) is 7.95. The van der Waals surface area contributed by atoms with Crippen molar-refractivity contribution in [1.29, 1.82) is 0 Å². The van der Waals surface area contributed by atoms with Crippen LogP contribution in [0.15, 0.2) is 9.05 Å². The molecule has 0 N–H and O–H groups in total. The number of hydrogen-bond donors (Lipinski definition) is 0. The molecular weight excluding hydrogens is 292 g/mol. The standard InChI is InChI=1S/C14H20N2O2S2/c1-9-13(11(3)17-15-9)7-19-5-6-20-8-14-10(2)16-18-12(14)4/h5-8H2,1-4H3. The molecule has 2 heterocycles. The number of aryl methyl sites for hydroxylation is 4. The van der Waals surface area contributed by atoms with Crippen LogP contribution in [0.25, 0.3) is 0 Å². The lowest BCUT2D eigenvalue weighted by Crippen LogP contribution is -1.91. The van der Waals surface area contributed by atoms with Gasteiger partial charge in [-0.1, -0.05) is 10.3 Å². The van der Waals surface area contributed by atoms with Crippen LogP contribution in [-0.4, -0.2) is 21.8 Å². The fraction of sp³-hybridized carbons (Fsp3) is 0.571. The molecule has 0 aliphatic rings. The summed E-state index contributed by atoms with van der Waals surface area (Å²) in [5.41, 5.74) is 4.51. The van der Waals surface area contributed by atoms with Crippen LogP contribution in [0.1, 0.15) is 34.0 Å². The van der Waals surface area contributed by atoms with Crippen molar-refractivity contribution in [2.75, 3.05) is 11.5 Å². The van der Waals surface area contributed by atoms with E-state index in [4.69, 9.17) is 9.05 Å². The minimum atomic E-state index is 0.943. The average Bonchev–Trinajstić information content (AvgIpc) is 2.90. The van der Waals surface area contributed by atoms with E-state index in [0.29, 0.717) is 0 Å². The molecule has 0 bridgehead atoms. The van der Waals surface area contributed by atoms with Crippen LogP contribution in [0.2, 0.25) is 0 Å². The zero-order valence-electron chi connectivity index (χ0n) is 12.4. The van der Waals surface area contributed by atoms with Crippen LogP contribution in [0.3, 0.4) is 0 Å². The molecule has 6 heteroatoms. The van der Waals surface area contributed by atoms with E-state index in [-0.39, 0.29) is 0 Å². The van der Waals surface area contributed by atoms with Gasteiger partial charge in [0.25, 0.3) is 0 Å². The molecule has 2 rings (SSSR count). The Morgan fingerprint density at radius 2 is 1.15 bits per heavy atom. The van der Waals surface area contributed by atoms with Gasteiger partial charge in [0.15, 0.2) is 0 Å². The maximum atomic E-state index is 5.16. The second kappa shape index (κ2) is 7.22. The highest BCUT2D eigenvalue weighted by atomic mass is 32.2. The molecule has 4 nitrogen and oxygen atoms in total. The Labute approximate surface area is 128 Å². The quantitative estimate of drug-likeness (QED) is 0.719. The highest BCUT2D eigenvalue weighted by Crippen LogP contribution is 2.23. The zero-order valence-corrected chi connectivity index (χ0v) is 14.0. The zero-order chi connectivity index (χ0) is 14.5. The van der Waals surface area contributed by atoms with Crippen molar-refractivity contribution >= 4 is 23.5 Å². The molecule has 0 aliphatic heterocycles. The van der Waals surface area contributed by atoms with Gasteiger partial charge in [0, 0.05) is 34.1 Å². The average molecular weight is 312 g/mol. The lowest BCUT2D eigenvalue weighted by atomic mass is 10.2. The molecule has 0 amide bonds. The maximum Gasteiger partial charge on any atom is 0.137 e. The first-order chi connectivity index (χ1) is 9.59. The first kappa shape index (κ1) is 15.5. The minimum Gasteiger partial charge on any atom is -0.361 e. The molecule has 2 aromatic rings. The van der Waals surface area contributed by atoms with Gasteiger partial charge in [-0.15, -0.1) is 0 Å². The Hall–Kier alpha value is -0.880. The van der Waals surface area contributed by atoms with Gasteiger partial charge in [0.2, 0.25) is 0 Å². The molecule has 0 saturated carbocycles. The Bertz CT molecular complexity index is 474. The van der Waals surface area contributed by atoms with E-state index in [9.17, 15) is 0 Å². The Morgan fingerprint density at radius 3 is 1.45 bits per heavy atom. The lowest BCUT2D eigenvalue weighted by molar-refractivity contribution is 0.392. The number of rotatable bonds is 7. The Kier molecular flexibility index (Phi) is 5.60. The van der Waals surface area contributed by atoms with Crippen molar-refractivity contribution in [1.82, 2.24) is 10.3 Å². The second-order valence-corrected chi connectivity index (χ2v) is 6.92. The van der Waals surface area contributed by atoms with Gasteiger partial charge < -0.3 is 9.05 Å². The third-order valence-corrected chi connectivity index (χ3v) is 5.46. The Morgan fingerprint density at radius 1 is 0.750 bits per heavy atom. The van der Waals surface area contributed by atoms with E-state index in [1.165, 1.54) is 11.1 Å². The lowest BCUT2D eigenvalue weighted by Gasteiger charge is -2.02. The minimum absolute atomic E-state index is 0.943. The largest absolute Gasteiger partial charge is 0.361 e. The summed E-state index contributed by atoms with van der Waals surface area (Å²) in [4.78, 5) is 0. The van der Waals surface area contributed by atoms with Gasteiger partial charge >= 0.3 is 0 Å². The first-order valence-corrected chi connectivity index (χ1v) is 8.89. The summed E-state index contributed by atoms with van der Waals surface area (Å²) in [6.07, 6.45) is 0. The van der Waals surface area contributed by atoms with Crippen molar-refractivity contribution in [2.45, 2.75) is 39.2 Å². The van der Waals surface area contributed by atoms with E-state index >= 15 is 0 Å². The summed E-state index contributed by atoms with van der Waals surface area (Å²) in [5.74, 6) is 6.09. The van der Waals surface area contributed by atoms with E-state index in [2.05, 4.69) is 10.3 Å². The summed E-state index contributed by atoms with van der Waals surface area (Å²) >= 11 is 3.85. The van der Waals surface area contributed by atoms with E-state index in [1.807, 2.05) is 51.2 Å². The van der Waals surface area contributed by atoms with Crippen LogP contribution >= 0.6 is 23.5 Å². The van der Waals surface area contributed by atoms with Gasteiger partial charge in [-0.2, -0.15) is 23.5 Å². The molecule has 0 fully saturated rings. The van der Waals surface area contributed by atoms with Gasteiger partial charge in [-0.3, -0.25) is 0 Å². The van der Waals surface area contributed by atoms with Gasteiger partial charge in [0.05, 0.1) is 11.4 Å². The SMILES string of the molecule is Cc1noc(C)c1CSCCSCc1c(C)noc1C. The van der Waals surface area contributed by atoms with Crippen LogP contribution < -0.4 is 0 Å². The van der Waals surface area contributed by atoms with Crippen LogP contribution in [0.5, 0.6) is 0 Å². The monoisotopic (exact) mass is 312 g/mol. The molecule has 0 saturated heterocycles. The predicted molar refractivity (Wildman–Crippen MR) is 84.3 cm³/mol. The predicted octanol–water partition coefficient (Wildman–Crippen LogP) is 4.06. The Balaban J connectivity index is 1.65. The van der Waals surface area contributed by atoms with Crippen molar-refractivity contribution in [2.24, 2.45) is 0 Å². The van der Waals surface area contributed by atoms with E-state index in [1.54, 1.807) is 0 Å². The molecule has 0 unspecified atom stereocenters. The van der Waals surface area contributed by atoms with Crippen molar-refractivity contribution in [3.05, 3.63) is 34.0 Å². The maximum absolute atomic E-state index is 5.16. The van der Waals surface area contributed by atoms with Crippen molar-refractivity contribution in [3.8, 4) is 0 Å². The molecule has 2 aromatic heterocycles. The van der Waals surface area contributed by atoms with E-state index < -0.39 is 0 Å². The molecule has 0 atom stereocenters. The van der Waals surface area contributed by atoms with Crippen molar-refractivity contribution < 1.29 is 9.05 Å². The fourth-order valence-electron chi connectivity index (χ4n) is 1.88. The van der Waals surface area contributed by atoms with Crippen molar-refractivity contribution in [3.63, 3.8) is 0 Å². The highest BCUT2D eigenvalue weighted by Gasteiger charge is 2.10. The molecule has 0 radical (unpaired) electrons. The summed E-state index contributed by atoms with van der Waals surface area (Å²) in [7, 11) is 0. The molecule has 0 aliphatic carbocycles. The fourth-order valence-corrected chi connectivity index (χ4v) is 4.35. The van der Waals surface area contributed by atoms with E-state index in [0.717, 1.165) is 45.9 Å². The summed E-state index contributed by atoms with van der Waals surface area (Å²) in [6, 6.07) is 0. The van der Waals surface area contributed by atoms with Gasteiger partial charge in [-0.05, 0) is 27.7 Å². The van der Waals surface area contributed by atoms with Crippen LogP contribution in [0, 0.1) is 27.7 Å². The summed E-state index contributed by atoms with van der Waals surface area (Å²) < 4.78 is 10.3. The van der Waals surface area contributed by atoms with Crippen LogP contribution in [0.4, 0.5) is 0 Å².